The average Bonchev–Trinajstić information content (AvgIpc) is 2.91. The van der Waals surface area contributed by atoms with Gasteiger partial charge in [0, 0.05) is 13.1 Å². The first-order valence-corrected chi connectivity index (χ1v) is 9.44. The van der Waals surface area contributed by atoms with Crippen molar-refractivity contribution in [1.29, 1.82) is 0 Å². The third kappa shape index (κ3) is 4.00. The zero-order valence-electron chi connectivity index (χ0n) is 13.3. The second-order valence-electron chi connectivity index (χ2n) is 5.87. The predicted octanol–water partition coefficient (Wildman–Crippen LogP) is 1.47. The molecule has 1 aliphatic heterocycles. The minimum Gasteiger partial charge on any atom is -0.338 e. The van der Waals surface area contributed by atoms with E-state index < -0.39 is 9.84 Å². The standard InChI is InChI=1S/C14H24N4O3S/c1-4-6-18-11(3)13(10(2)17-18)16-14(19)15-8-12-5-7-22(20,21)9-12/h12H,4-9H2,1-3H3,(H2,15,16,19)/t12-/m0/s1. The van der Waals surface area contributed by atoms with Gasteiger partial charge in [0.25, 0.3) is 0 Å². The summed E-state index contributed by atoms with van der Waals surface area (Å²) in [5.74, 6) is 0.406. The first-order valence-electron chi connectivity index (χ1n) is 7.61. The van der Waals surface area contributed by atoms with Crippen LogP contribution in [-0.4, -0.2) is 42.3 Å². The van der Waals surface area contributed by atoms with Crippen LogP contribution in [0.25, 0.3) is 0 Å². The number of carbonyl (C=O) groups is 1. The number of nitrogens with zero attached hydrogens (tertiary/aromatic N) is 2. The number of hydrogen-bond donors (Lipinski definition) is 2. The predicted molar refractivity (Wildman–Crippen MR) is 85.8 cm³/mol. The van der Waals surface area contributed by atoms with E-state index in [0.717, 1.165) is 30.0 Å². The summed E-state index contributed by atoms with van der Waals surface area (Å²) in [6.45, 7) is 7.06. The van der Waals surface area contributed by atoms with E-state index in [0.29, 0.717) is 13.0 Å². The molecule has 1 fully saturated rings. The monoisotopic (exact) mass is 328 g/mol. The maximum atomic E-state index is 12.0. The van der Waals surface area contributed by atoms with Crippen LogP contribution in [0.15, 0.2) is 0 Å². The quantitative estimate of drug-likeness (QED) is 0.856. The van der Waals surface area contributed by atoms with Crippen LogP contribution in [0.2, 0.25) is 0 Å². The van der Waals surface area contributed by atoms with E-state index in [2.05, 4.69) is 22.7 Å². The molecule has 0 bridgehead atoms. The van der Waals surface area contributed by atoms with E-state index in [4.69, 9.17) is 0 Å². The molecule has 0 radical (unpaired) electrons. The molecule has 2 N–H and O–H groups in total. The summed E-state index contributed by atoms with van der Waals surface area (Å²) < 4.78 is 24.7. The summed E-state index contributed by atoms with van der Waals surface area (Å²) >= 11 is 0. The van der Waals surface area contributed by atoms with Gasteiger partial charge in [-0.2, -0.15) is 5.10 Å². The van der Waals surface area contributed by atoms with Crippen molar-refractivity contribution in [2.24, 2.45) is 5.92 Å². The Bertz CT molecular complexity index is 651. The highest BCUT2D eigenvalue weighted by Gasteiger charge is 2.28. The van der Waals surface area contributed by atoms with Crippen LogP contribution in [0.4, 0.5) is 10.5 Å². The third-order valence-corrected chi connectivity index (χ3v) is 5.77. The Morgan fingerprint density at radius 3 is 2.73 bits per heavy atom. The van der Waals surface area contributed by atoms with Crippen molar-refractivity contribution < 1.29 is 13.2 Å². The first-order chi connectivity index (χ1) is 10.3. The van der Waals surface area contributed by atoms with Gasteiger partial charge in [0.15, 0.2) is 9.84 Å². The zero-order chi connectivity index (χ0) is 16.3. The van der Waals surface area contributed by atoms with Crippen molar-refractivity contribution in [2.75, 3.05) is 23.4 Å². The van der Waals surface area contributed by atoms with E-state index in [-0.39, 0.29) is 23.5 Å². The van der Waals surface area contributed by atoms with E-state index >= 15 is 0 Å². The largest absolute Gasteiger partial charge is 0.338 e. The molecule has 2 rings (SSSR count). The van der Waals surface area contributed by atoms with Gasteiger partial charge in [-0.25, -0.2) is 13.2 Å². The van der Waals surface area contributed by atoms with Crippen LogP contribution in [-0.2, 0) is 16.4 Å². The fourth-order valence-corrected chi connectivity index (χ4v) is 4.60. The number of sulfone groups is 1. The number of rotatable bonds is 5. The van der Waals surface area contributed by atoms with Gasteiger partial charge in [0.05, 0.1) is 28.6 Å². The minimum absolute atomic E-state index is 0.0146. The minimum atomic E-state index is -2.90. The lowest BCUT2D eigenvalue weighted by Gasteiger charge is -2.11. The van der Waals surface area contributed by atoms with Crippen LogP contribution in [0.5, 0.6) is 0 Å². The topological polar surface area (TPSA) is 93.1 Å². The molecule has 2 heterocycles. The van der Waals surface area contributed by atoms with Crippen LogP contribution < -0.4 is 10.6 Å². The fraction of sp³-hybridized carbons (Fsp3) is 0.714. The van der Waals surface area contributed by atoms with E-state index in [1.165, 1.54) is 0 Å². The number of amides is 2. The van der Waals surface area contributed by atoms with E-state index in [1.54, 1.807) is 0 Å². The molecule has 1 atom stereocenters. The second-order valence-corrected chi connectivity index (χ2v) is 8.10. The highest BCUT2D eigenvalue weighted by molar-refractivity contribution is 7.91. The van der Waals surface area contributed by atoms with Crippen molar-refractivity contribution in [2.45, 2.75) is 40.2 Å². The number of aryl methyl sites for hydroxylation is 2. The lowest BCUT2D eigenvalue weighted by Crippen LogP contribution is -2.33. The van der Waals surface area contributed by atoms with Gasteiger partial charge < -0.3 is 10.6 Å². The molecular formula is C14H24N4O3S. The molecule has 8 heteroatoms. The van der Waals surface area contributed by atoms with Gasteiger partial charge in [0.1, 0.15) is 0 Å². The lowest BCUT2D eigenvalue weighted by atomic mass is 10.1. The molecule has 0 unspecified atom stereocenters. The molecule has 124 valence electrons. The number of anilines is 1. The first kappa shape index (κ1) is 16.8. The Morgan fingerprint density at radius 2 is 2.14 bits per heavy atom. The summed E-state index contributed by atoms with van der Waals surface area (Å²) in [7, 11) is -2.90. The van der Waals surface area contributed by atoms with Crippen LogP contribution in [0.3, 0.4) is 0 Å². The van der Waals surface area contributed by atoms with Crippen LogP contribution >= 0.6 is 0 Å². The molecule has 0 aromatic carbocycles. The molecule has 2 amide bonds. The average molecular weight is 328 g/mol. The second kappa shape index (κ2) is 6.68. The molecule has 1 saturated heterocycles. The van der Waals surface area contributed by atoms with Crippen molar-refractivity contribution in [3.05, 3.63) is 11.4 Å². The summed E-state index contributed by atoms with van der Waals surface area (Å²) in [5.41, 5.74) is 2.44. The number of hydrogen-bond acceptors (Lipinski definition) is 4. The molecule has 1 aromatic rings. The van der Waals surface area contributed by atoms with Gasteiger partial charge in [-0.05, 0) is 32.6 Å². The Labute approximate surface area is 131 Å². The zero-order valence-corrected chi connectivity index (χ0v) is 14.2. The Balaban J connectivity index is 1.90. The summed E-state index contributed by atoms with van der Waals surface area (Å²) in [6, 6.07) is -0.313. The van der Waals surface area contributed by atoms with E-state index in [1.807, 2.05) is 18.5 Å². The van der Waals surface area contributed by atoms with Crippen molar-refractivity contribution in [1.82, 2.24) is 15.1 Å². The molecule has 1 aliphatic rings. The van der Waals surface area contributed by atoms with Gasteiger partial charge in [-0.15, -0.1) is 0 Å². The third-order valence-electron chi connectivity index (χ3n) is 3.93. The summed E-state index contributed by atoms with van der Waals surface area (Å²) in [6.07, 6.45) is 1.60. The summed E-state index contributed by atoms with van der Waals surface area (Å²) in [4.78, 5) is 12.0. The van der Waals surface area contributed by atoms with Crippen molar-refractivity contribution in [3.63, 3.8) is 0 Å². The highest BCUT2D eigenvalue weighted by atomic mass is 32.2. The van der Waals surface area contributed by atoms with Crippen LogP contribution in [0.1, 0.15) is 31.2 Å². The molecular weight excluding hydrogens is 304 g/mol. The Kier molecular flexibility index (Phi) is 5.10. The number of urea groups is 1. The number of nitrogens with one attached hydrogen (secondary N) is 2. The molecule has 0 saturated carbocycles. The molecule has 0 spiro atoms. The smallest absolute Gasteiger partial charge is 0.319 e. The van der Waals surface area contributed by atoms with Crippen molar-refractivity contribution in [3.8, 4) is 0 Å². The fourth-order valence-electron chi connectivity index (χ4n) is 2.74. The van der Waals surface area contributed by atoms with Crippen LogP contribution in [0, 0.1) is 19.8 Å². The van der Waals surface area contributed by atoms with Crippen molar-refractivity contribution >= 4 is 21.6 Å². The van der Waals surface area contributed by atoms with Gasteiger partial charge in [-0.3, -0.25) is 4.68 Å². The molecule has 0 aliphatic carbocycles. The SMILES string of the molecule is CCCn1nc(C)c(NC(=O)NC[C@@H]2CCS(=O)(=O)C2)c1C. The maximum absolute atomic E-state index is 12.0. The number of aromatic nitrogens is 2. The Morgan fingerprint density at radius 1 is 1.41 bits per heavy atom. The number of carbonyl (C=O) groups excluding carboxylic acids is 1. The Hall–Kier alpha value is -1.57. The maximum Gasteiger partial charge on any atom is 0.319 e. The molecule has 1 aromatic heterocycles. The van der Waals surface area contributed by atoms with Gasteiger partial charge in [-0.1, -0.05) is 6.92 Å². The highest BCUT2D eigenvalue weighted by Crippen LogP contribution is 2.20. The molecule has 22 heavy (non-hydrogen) atoms. The summed E-state index contributed by atoms with van der Waals surface area (Å²) in [5, 5.41) is 9.98. The molecule has 7 nitrogen and oxygen atoms in total. The van der Waals surface area contributed by atoms with E-state index in [9.17, 15) is 13.2 Å². The normalized spacial score (nSPS) is 20.0. The lowest BCUT2D eigenvalue weighted by molar-refractivity contribution is 0.250. The van der Waals surface area contributed by atoms with Gasteiger partial charge in [0.2, 0.25) is 0 Å². The van der Waals surface area contributed by atoms with Gasteiger partial charge >= 0.3 is 6.03 Å².